The first-order valence-corrected chi connectivity index (χ1v) is 6.66. The number of nitrogens with one attached hydrogen (secondary N) is 1. The maximum atomic E-state index is 4.19. The molecule has 18 heavy (non-hydrogen) atoms. The van der Waals surface area contributed by atoms with Crippen molar-refractivity contribution in [2.45, 2.75) is 39.8 Å². The van der Waals surface area contributed by atoms with Crippen LogP contribution in [0.3, 0.4) is 0 Å². The van der Waals surface area contributed by atoms with Gasteiger partial charge in [-0.2, -0.15) is 0 Å². The second-order valence-electron chi connectivity index (χ2n) is 4.43. The molecule has 3 nitrogen and oxygen atoms in total. The largest absolute Gasteiger partial charge is 0.379 e. The maximum Gasteiger partial charge on any atom is 0.0948 e. The van der Waals surface area contributed by atoms with E-state index in [-0.39, 0.29) is 0 Å². The number of para-hydroxylation sites is 1. The van der Waals surface area contributed by atoms with E-state index in [2.05, 4.69) is 53.0 Å². The van der Waals surface area contributed by atoms with Gasteiger partial charge in [-0.05, 0) is 25.0 Å². The van der Waals surface area contributed by atoms with Gasteiger partial charge in [0.15, 0.2) is 0 Å². The van der Waals surface area contributed by atoms with Gasteiger partial charge in [-0.3, -0.25) is 0 Å². The molecular weight excluding hydrogens is 222 g/mol. The average Bonchev–Trinajstić information content (AvgIpc) is 2.85. The van der Waals surface area contributed by atoms with Gasteiger partial charge < -0.3 is 9.88 Å². The Morgan fingerprint density at radius 2 is 2.06 bits per heavy atom. The fourth-order valence-corrected chi connectivity index (χ4v) is 2.15. The van der Waals surface area contributed by atoms with Crippen LogP contribution in [0, 0.1) is 0 Å². The van der Waals surface area contributed by atoms with E-state index in [0.29, 0.717) is 0 Å². The number of benzene rings is 1. The third-order valence-corrected chi connectivity index (χ3v) is 3.14. The van der Waals surface area contributed by atoms with Gasteiger partial charge in [0.05, 0.1) is 18.6 Å². The summed E-state index contributed by atoms with van der Waals surface area (Å²) in [5.41, 5.74) is 3.86. The number of rotatable bonds is 6. The molecule has 0 fully saturated rings. The molecule has 0 bridgehead atoms. The summed E-state index contributed by atoms with van der Waals surface area (Å²) in [6, 6.07) is 8.53. The van der Waals surface area contributed by atoms with Crippen LogP contribution in [0.25, 0.3) is 0 Å². The van der Waals surface area contributed by atoms with Gasteiger partial charge >= 0.3 is 0 Å². The van der Waals surface area contributed by atoms with Gasteiger partial charge in [-0.15, -0.1) is 0 Å². The molecule has 96 valence electrons. The van der Waals surface area contributed by atoms with E-state index in [1.54, 1.807) is 0 Å². The lowest BCUT2D eigenvalue weighted by Crippen LogP contribution is -2.07. The smallest absolute Gasteiger partial charge is 0.0948 e. The number of anilines is 1. The molecule has 1 aromatic heterocycles. The SMILES string of the molecule is CCCc1ccccc1NCc1cncn1CC. The quantitative estimate of drug-likeness (QED) is 0.842. The van der Waals surface area contributed by atoms with E-state index in [9.17, 15) is 0 Å². The van der Waals surface area contributed by atoms with E-state index in [1.807, 2.05) is 12.5 Å². The Labute approximate surface area is 109 Å². The van der Waals surface area contributed by atoms with Crippen LogP contribution in [0.15, 0.2) is 36.8 Å². The highest BCUT2D eigenvalue weighted by atomic mass is 15.1. The lowest BCUT2D eigenvalue weighted by molar-refractivity contribution is 0.719. The summed E-state index contributed by atoms with van der Waals surface area (Å²) in [4.78, 5) is 4.19. The molecule has 2 aromatic rings. The topological polar surface area (TPSA) is 29.9 Å². The summed E-state index contributed by atoms with van der Waals surface area (Å²) in [5, 5.41) is 3.51. The molecule has 0 aliphatic heterocycles. The zero-order valence-corrected chi connectivity index (χ0v) is 11.2. The summed E-state index contributed by atoms with van der Waals surface area (Å²) in [5.74, 6) is 0. The molecule has 1 N–H and O–H groups in total. The van der Waals surface area contributed by atoms with Gasteiger partial charge in [0, 0.05) is 18.4 Å². The minimum Gasteiger partial charge on any atom is -0.379 e. The zero-order chi connectivity index (χ0) is 12.8. The van der Waals surface area contributed by atoms with Gasteiger partial charge in [-0.25, -0.2) is 4.98 Å². The number of nitrogens with zero attached hydrogens (tertiary/aromatic N) is 2. The highest BCUT2D eigenvalue weighted by molar-refractivity contribution is 5.51. The van der Waals surface area contributed by atoms with Crippen molar-refractivity contribution < 1.29 is 0 Å². The van der Waals surface area contributed by atoms with Crippen molar-refractivity contribution in [1.82, 2.24) is 9.55 Å². The molecule has 0 aliphatic carbocycles. The Morgan fingerprint density at radius 3 is 2.83 bits per heavy atom. The lowest BCUT2D eigenvalue weighted by atomic mass is 10.1. The molecular formula is C15H21N3. The molecule has 3 heteroatoms. The third kappa shape index (κ3) is 2.92. The first-order chi connectivity index (χ1) is 8.85. The Balaban J connectivity index is 2.06. The minimum absolute atomic E-state index is 0.828. The molecule has 0 aliphatic rings. The summed E-state index contributed by atoms with van der Waals surface area (Å²) in [6.45, 7) is 6.14. The molecule has 1 heterocycles. The Morgan fingerprint density at radius 1 is 1.22 bits per heavy atom. The Bertz CT molecular complexity index is 488. The van der Waals surface area contributed by atoms with Crippen LogP contribution in [-0.4, -0.2) is 9.55 Å². The van der Waals surface area contributed by atoms with Crippen LogP contribution in [0.2, 0.25) is 0 Å². The summed E-state index contributed by atoms with van der Waals surface area (Å²) in [7, 11) is 0. The van der Waals surface area contributed by atoms with E-state index in [1.165, 1.54) is 23.4 Å². The molecule has 1 aromatic carbocycles. The zero-order valence-electron chi connectivity index (χ0n) is 11.2. The van der Waals surface area contributed by atoms with Crippen molar-refractivity contribution in [3.8, 4) is 0 Å². The van der Waals surface area contributed by atoms with Crippen molar-refractivity contribution in [1.29, 1.82) is 0 Å². The monoisotopic (exact) mass is 243 g/mol. The molecule has 0 amide bonds. The molecule has 0 spiro atoms. The summed E-state index contributed by atoms with van der Waals surface area (Å²) < 4.78 is 2.16. The van der Waals surface area contributed by atoms with Crippen LogP contribution < -0.4 is 5.32 Å². The maximum absolute atomic E-state index is 4.19. The lowest BCUT2D eigenvalue weighted by Gasteiger charge is -2.12. The van der Waals surface area contributed by atoms with Crippen molar-refractivity contribution in [2.75, 3.05) is 5.32 Å². The molecule has 2 rings (SSSR count). The molecule has 0 saturated heterocycles. The minimum atomic E-state index is 0.828. The van der Waals surface area contributed by atoms with Gasteiger partial charge in [0.2, 0.25) is 0 Å². The summed E-state index contributed by atoms with van der Waals surface area (Å²) in [6.07, 6.45) is 6.11. The Hall–Kier alpha value is -1.77. The number of aryl methyl sites for hydroxylation is 2. The van der Waals surface area contributed by atoms with Crippen molar-refractivity contribution in [3.05, 3.63) is 48.0 Å². The van der Waals surface area contributed by atoms with Crippen LogP contribution in [0.1, 0.15) is 31.5 Å². The van der Waals surface area contributed by atoms with E-state index >= 15 is 0 Å². The van der Waals surface area contributed by atoms with Gasteiger partial charge in [0.1, 0.15) is 0 Å². The first-order valence-electron chi connectivity index (χ1n) is 6.66. The number of aromatic nitrogens is 2. The second kappa shape index (κ2) is 6.24. The number of hydrogen-bond acceptors (Lipinski definition) is 2. The Kier molecular flexibility index (Phi) is 4.40. The fourth-order valence-electron chi connectivity index (χ4n) is 2.15. The van der Waals surface area contributed by atoms with Gasteiger partial charge in [0.25, 0.3) is 0 Å². The number of imidazole rings is 1. The van der Waals surface area contributed by atoms with E-state index in [0.717, 1.165) is 19.5 Å². The first kappa shape index (κ1) is 12.7. The van der Waals surface area contributed by atoms with Crippen LogP contribution in [-0.2, 0) is 19.5 Å². The fraction of sp³-hybridized carbons (Fsp3) is 0.400. The molecule has 0 saturated carbocycles. The highest BCUT2D eigenvalue weighted by Crippen LogP contribution is 2.17. The van der Waals surface area contributed by atoms with Gasteiger partial charge in [-0.1, -0.05) is 31.5 Å². The molecule has 0 radical (unpaired) electrons. The number of hydrogen-bond donors (Lipinski definition) is 1. The van der Waals surface area contributed by atoms with Crippen molar-refractivity contribution in [2.24, 2.45) is 0 Å². The highest BCUT2D eigenvalue weighted by Gasteiger charge is 2.03. The van der Waals surface area contributed by atoms with Crippen LogP contribution in [0.5, 0.6) is 0 Å². The van der Waals surface area contributed by atoms with Crippen molar-refractivity contribution >= 4 is 5.69 Å². The normalized spacial score (nSPS) is 10.6. The van der Waals surface area contributed by atoms with E-state index in [4.69, 9.17) is 0 Å². The standard InChI is InChI=1S/C15H21N3/c1-3-7-13-8-5-6-9-15(13)17-11-14-10-16-12-18(14)4-2/h5-6,8-10,12,17H,3-4,7,11H2,1-2H3. The summed E-state index contributed by atoms with van der Waals surface area (Å²) >= 11 is 0. The van der Waals surface area contributed by atoms with E-state index < -0.39 is 0 Å². The average molecular weight is 243 g/mol. The predicted octanol–water partition coefficient (Wildman–Crippen LogP) is 3.47. The van der Waals surface area contributed by atoms with Crippen LogP contribution >= 0.6 is 0 Å². The van der Waals surface area contributed by atoms with Crippen LogP contribution in [0.4, 0.5) is 5.69 Å². The second-order valence-corrected chi connectivity index (χ2v) is 4.43. The predicted molar refractivity (Wildman–Crippen MR) is 75.7 cm³/mol. The molecule has 0 unspecified atom stereocenters. The third-order valence-electron chi connectivity index (χ3n) is 3.14. The molecule has 0 atom stereocenters. The van der Waals surface area contributed by atoms with Crippen molar-refractivity contribution in [3.63, 3.8) is 0 Å².